The predicted molar refractivity (Wildman–Crippen MR) is 76.6 cm³/mol. The van der Waals surface area contributed by atoms with E-state index < -0.39 is 0 Å². The first-order valence-electron chi connectivity index (χ1n) is 6.35. The van der Waals surface area contributed by atoms with E-state index in [0.717, 1.165) is 17.7 Å². The van der Waals surface area contributed by atoms with Crippen LogP contribution in [0.1, 0.15) is 17.0 Å². The molecule has 1 unspecified atom stereocenters. The molecule has 3 heteroatoms. The SMILES string of the molecule is COc1ccc(CC(CN)c2ccc(O)cc2)cc1. The van der Waals surface area contributed by atoms with Crippen LogP contribution in [0.25, 0.3) is 0 Å². The molecule has 3 nitrogen and oxygen atoms in total. The van der Waals surface area contributed by atoms with Crippen LogP contribution in [0.5, 0.6) is 11.5 Å². The van der Waals surface area contributed by atoms with E-state index in [1.54, 1.807) is 19.2 Å². The Balaban J connectivity index is 2.11. The number of hydrogen-bond donors (Lipinski definition) is 2. The number of hydrogen-bond acceptors (Lipinski definition) is 3. The Morgan fingerprint density at radius 2 is 1.68 bits per heavy atom. The molecule has 100 valence electrons. The maximum atomic E-state index is 9.31. The first-order chi connectivity index (χ1) is 9.22. The molecule has 0 aliphatic rings. The number of aromatic hydroxyl groups is 1. The third-order valence-corrected chi connectivity index (χ3v) is 3.29. The fourth-order valence-electron chi connectivity index (χ4n) is 2.13. The molecule has 2 aromatic rings. The molecule has 2 rings (SSSR count). The summed E-state index contributed by atoms with van der Waals surface area (Å²) < 4.78 is 5.15. The van der Waals surface area contributed by atoms with E-state index in [1.165, 1.54) is 5.56 Å². The second kappa shape index (κ2) is 6.25. The molecule has 19 heavy (non-hydrogen) atoms. The van der Waals surface area contributed by atoms with Crippen molar-refractivity contribution in [3.8, 4) is 11.5 Å². The summed E-state index contributed by atoms with van der Waals surface area (Å²) in [5, 5.41) is 9.31. The number of phenols is 1. The van der Waals surface area contributed by atoms with Gasteiger partial charge in [0.25, 0.3) is 0 Å². The molecule has 0 aromatic heterocycles. The number of rotatable bonds is 5. The topological polar surface area (TPSA) is 55.5 Å². The molecule has 0 amide bonds. The number of phenolic OH excluding ortho intramolecular Hbond substituents is 1. The van der Waals surface area contributed by atoms with Crippen LogP contribution in [0.15, 0.2) is 48.5 Å². The number of benzene rings is 2. The summed E-state index contributed by atoms with van der Waals surface area (Å²) in [7, 11) is 1.66. The molecule has 0 aliphatic heterocycles. The zero-order valence-corrected chi connectivity index (χ0v) is 11.0. The van der Waals surface area contributed by atoms with Crippen LogP contribution in [-0.2, 0) is 6.42 Å². The molecule has 2 aromatic carbocycles. The highest BCUT2D eigenvalue weighted by molar-refractivity contribution is 5.32. The zero-order chi connectivity index (χ0) is 13.7. The molecule has 0 spiro atoms. The molecule has 0 radical (unpaired) electrons. The van der Waals surface area contributed by atoms with Crippen molar-refractivity contribution in [2.75, 3.05) is 13.7 Å². The molecule has 0 bridgehead atoms. The lowest BCUT2D eigenvalue weighted by atomic mass is 9.92. The maximum Gasteiger partial charge on any atom is 0.118 e. The Morgan fingerprint density at radius 1 is 1.05 bits per heavy atom. The van der Waals surface area contributed by atoms with Crippen molar-refractivity contribution < 1.29 is 9.84 Å². The van der Waals surface area contributed by atoms with Crippen LogP contribution < -0.4 is 10.5 Å². The summed E-state index contributed by atoms with van der Waals surface area (Å²) in [5.41, 5.74) is 8.23. The van der Waals surface area contributed by atoms with Crippen LogP contribution in [0.4, 0.5) is 0 Å². The summed E-state index contributed by atoms with van der Waals surface area (Å²) in [6, 6.07) is 15.3. The van der Waals surface area contributed by atoms with Crippen molar-refractivity contribution in [3.05, 3.63) is 59.7 Å². The molecule has 1 atom stereocenters. The average molecular weight is 257 g/mol. The molecule has 0 fully saturated rings. The molecule has 0 saturated heterocycles. The minimum absolute atomic E-state index is 0.258. The minimum atomic E-state index is 0.258. The van der Waals surface area contributed by atoms with Gasteiger partial charge < -0.3 is 15.6 Å². The Bertz CT molecular complexity index is 505. The first kappa shape index (κ1) is 13.4. The van der Waals surface area contributed by atoms with E-state index in [2.05, 4.69) is 12.1 Å². The smallest absolute Gasteiger partial charge is 0.118 e. The van der Waals surface area contributed by atoms with Gasteiger partial charge in [-0.2, -0.15) is 0 Å². The summed E-state index contributed by atoms with van der Waals surface area (Å²) >= 11 is 0. The molecule has 0 heterocycles. The summed E-state index contributed by atoms with van der Waals surface area (Å²) in [5.74, 6) is 1.40. The molecule has 3 N–H and O–H groups in total. The normalized spacial score (nSPS) is 12.1. The monoisotopic (exact) mass is 257 g/mol. The Hall–Kier alpha value is -2.00. The fraction of sp³-hybridized carbons (Fsp3) is 0.250. The van der Waals surface area contributed by atoms with Gasteiger partial charge >= 0.3 is 0 Å². The largest absolute Gasteiger partial charge is 0.508 e. The summed E-state index contributed by atoms with van der Waals surface area (Å²) in [6.45, 7) is 0.580. The third-order valence-electron chi connectivity index (χ3n) is 3.29. The zero-order valence-electron chi connectivity index (χ0n) is 11.0. The lowest BCUT2D eigenvalue weighted by molar-refractivity contribution is 0.414. The molecular weight excluding hydrogens is 238 g/mol. The van der Waals surface area contributed by atoms with Gasteiger partial charge in [-0.15, -0.1) is 0 Å². The van der Waals surface area contributed by atoms with Gasteiger partial charge in [0.05, 0.1) is 7.11 Å². The number of nitrogens with two attached hydrogens (primary N) is 1. The Kier molecular flexibility index (Phi) is 4.42. The van der Waals surface area contributed by atoms with Gasteiger partial charge in [-0.25, -0.2) is 0 Å². The lowest BCUT2D eigenvalue weighted by Crippen LogP contribution is -2.14. The Labute approximate surface area is 113 Å². The third kappa shape index (κ3) is 3.48. The minimum Gasteiger partial charge on any atom is -0.508 e. The van der Waals surface area contributed by atoms with E-state index >= 15 is 0 Å². The maximum absolute atomic E-state index is 9.31. The highest BCUT2D eigenvalue weighted by atomic mass is 16.5. The molecule has 0 aliphatic carbocycles. The van der Waals surface area contributed by atoms with Gasteiger partial charge in [0.2, 0.25) is 0 Å². The standard InChI is InChI=1S/C16H19NO2/c1-19-16-8-2-12(3-9-16)10-14(11-17)13-4-6-15(18)7-5-13/h2-9,14,18H,10-11,17H2,1H3. The van der Waals surface area contributed by atoms with Gasteiger partial charge in [-0.3, -0.25) is 0 Å². The highest BCUT2D eigenvalue weighted by Gasteiger charge is 2.10. The summed E-state index contributed by atoms with van der Waals surface area (Å²) in [4.78, 5) is 0. The van der Waals surface area contributed by atoms with Crippen LogP contribution in [-0.4, -0.2) is 18.8 Å². The first-order valence-corrected chi connectivity index (χ1v) is 6.35. The van der Waals surface area contributed by atoms with Crippen molar-refractivity contribution in [3.63, 3.8) is 0 Å². The van der Waals surface area contributed by atoms with Gasteiger partial charge in [0.1, 0.15) is 11.5 Å². The summed E-state index contributed by atoms with van der Waals surface area (Å²) in [6.07, 6.45) is 0.880. The molecule has 0 saturated carbocycles. The van der Waals surface area contributed by atoms with Gasteiger partial charge in [-0.1, -0.05) is 24.3 Å². The van der Waals surface area contributed by atoms with Gasteiger partial charge in [0.15, 0.2) is 0 Å². The van der Waals surface area contributed by atoms with Crippen LogP contribution in [0, 0.1) is 0 Å². The van der Waals surface area contributed by atoms with E-state index in [4.69, 9.17) is 10.5 Å². The quantitative estimate of drug-likeness (QED) is 0.866. The fourth-order valence-corrected chi connectivity index (χ4v) is 2.13. The average Bonchev–Trinajstić information content (AvgIpc) is 2.46. The molecular formula is C16H19NO2. The van der Waals surface area contributed by atoms with Crippen molar-refractivity contribution >= 4 is 0 Å². The van der Waals surface area contributed by atoms with E-state index in [9.17, 15) is 5.11 Å². The lowest BCUT2D eigenvalue weighted by Gasteiger charge is -2.15. The second-order valence-corrected chi connectivity index (χ2v) is 4.58. The van der Waals surface area contributed by atoms with Gasteiger partial charge in [-0.05, 0) is 48.4 Å². The number of methoxy groups -OCH3 is 1. The van der Waals surface area contributed by atoms with Crippen molar-refractivity contribution in [2.24, 2.45) is 5.73 Å². The van der Waals surface area contributed by atoms with Crippen molar-refractivity contribution in [1.82, 2.24) is 0 Å². The van der Waals surface area contributed by atoms with Crippen LogP contribution in [0.2, 0.25) is 0 Å². The van der Waals surface area contributed by atoms with E-state index in [0.29, 0.717) is 6.54 Å². The van der Waals surface area contributed by atoms with Crippen LogP contribution in [0.3, 0.4) is 0 Å². The van der Waals surface area contributed by atoms with Gasteiger partial charge in [0, 0.05) is 5.92 Å². The van der Waals surface area contributed by atoms with E-state index in [1.807, 2.05) is 24.3 Å². The highest BCUT2D eigenvalue weighted by Crippen LogP contribution is 2.23. The van der Waals surface area contributed by atoms with Crippen LogP contribution >= 0.6 is 0 Å². The predicted octanol–water partition coefficient (Wildman–Crippen LogP) is 2.69. The number of ether oxygens (including phenoxy) is 1. The van der Waals surface area contributed by atoms with E-state index in [-0.39, 0.29) is 11.7 Å². The second-order valence-electron chi connectivity index (χ2n) is 4.58. The Morgan fingerprint density at radius 3 is 2.21 bits per heavy atom. The van der Waals surface area contributed by atoms with Crippen molar-refractivity contribution in [2.45, 2.75) is 12.3 Å². The van der Waals surface area contributed by atoms with Crippen molar-refractivity contribution in [1.29, 1.82) is 0 Å².